The fraction of sp³-hybridized carbons (Fsp3) is 0.400. The maximum absolute atomic E-state index is 2.56. The molecule has 0 nitrogen and oxygen atoms in total. The Morgan fingerprint density at radius 2 is 0.622 bits per heavy atom. The Bertz CT molecular complexity index is 2800. The molecule has 0 spiro atoms. The number of aryl methyl sites for hydroxylation is 4. The van der Waals surface area contributed by atoms with E-state index in [0.717, 1.165) is 35.5 Å². The van der Waals surface area contributed by atoms with Crippen LogP contribution >= 0.6 is 0 Å². The van der Waals surface area contributed by atoms with E-state index in [9.17, 15) is 0 Å². The van der Waals surface area contributed by atoms with Crippen LogP contribution in [0.4, 0.5) is 0 Å². The molecule has 74 heavy (non-hydrogen) atoms. The van der Waals surface area contributed by atoms with Gasteiger partial charge in [-0.15, -0.1) is 44.8 Å². The summed E-state index contributed by atoms with van der Waals surface area (Å²) in [5.41, 5.74) is 20.6. The molecule has 8 saturated carbocycles. The Kier molecular flexibility index (Phi) is 15.9. The van der Waals surface area contributed by atoms with Crippen molar-refractivity contribution in [3.8, 4) is 44.5 Å². The third-order valence-corrected chi connectivity index (χ3v) is 18.8. The summed E-state index contributed by atoms with van der Waals surface area (Å²) < 4.78 is 0. The Hall–Kier alpha value is -3.78. The van der Waals surface area contributed by atoms with E-state index in [1.54, 1.807) is 34.5 Å². The molecule has 8 aromatic carbocycles. The third kappa shape index (κ3) is 11.2. The first-order valence-corrected chi connectivity index (χ1v) is 34.2. The number of hydrogen-bond acceptors (Lipinski definition) is 0. The topological polar surface area (TPSA) is 0 Å². The standard InChI is InChI=1S/2C34H35.C2H6Si.2ClH.Zr/c2*1-22-3-7-28(8-4-22)30-11-12-31(29-9-5-23(2)6-10-29)33-17-27(16-32(30)33)21-34-18-24-13-25(19-34)15-26(14-24)20-34;1-3-2;;;/h2*3-12,16-17,24-26H,13-15,18-21H2,1-2H3;1-2H3;2*1H;/q2*-1;;;;+2/p-2. The van der Waals surface area contributed by atoms with E-state index < -0.39 is 0 Å². The molecular weight excluding hydrogens is 1030 g/mol. The molecule has 8 bridgehead atoms. The van der Waals surface area contributed by atoms with Crippen molar-refractivity contribution in [1.29, 1.82) is 0 Å². The quantitative estimate of drug-likeness (QED) is 0.105. The van der Waals surface area contributed by atoms with Crippen molar-refractivity contribution in [3.63, 3.8) is 0 Å². The zero-order valence-corrected chi connectivity index (χ0v) is 49.9. The van der Waals surface area contributed by atoms with Crippen molar-refractivity contribution in [2.24, 2.45) is 46.3 Å². The van der Waals surface area contributed by atoms with Gasteiger partial charge in [-0.1, -0.05) is 177 Å². The van der Waals surface area contributed by atoms with Crippen LogP contribution in [-0.4, -0.2) is 5.43 Å². The second kappa shape index (κ2) is 21.9. The Labute approximate surface area is 471 Å². The summed E-state index contributed by atoms with van der Waals surface area (Å²) >= 11 is 1.74. The molecule has 0 aliphatic heterocycles. The normalized spacial score (nSPS) is 25.7. The Balaban J connectivity index is 0.000000154. The minimum Gasteiger partial charge on any atom is -1.00 e. The van der Waals surface area contributed by atoms with Crippen LogP contribution in [0.25, 0.3) is 66.1 Å². The van der Waals surface area contributed by atoms with Crippen LogP contribution < -0.4 is 24.8 Å². The van der Waals surface area contributed by atoms with Gasteiger partial charge in [0.2, 0.25) is 0 Å². The van der Waals surface area contributed by atoms with Gasteiger partial charge in [0.05, 0.1) is 0 Å². The van der Waals surface area contributed by atoms with E-state index >= 15 is 0 Å². The number of halogens is 2. The minimum absolute atomic E-state index is 0. The van der Waals surface area contributed by atoms with Gasteiger partial charge in [0.15, 0.2) is 0 Å². The molecular formula is C70H76Cl2SiZr-2. The molecule has 4 heteroatoms. The molecule has 0 amide bonds. The third-order valence-electron chi connectivity index (χ3n) is 18.8. The SMILES string of the molecule is C[Si](C)=[Zr+2].Cc1ccc(-c2ccc(-c3ccc(C)cc3)c3[cH-]c(CC45CC6CC(CC(C6)C4)C5)cc23)cc1.Cc1ccc(-c2ccc(-c3ccc(C)cc3)c3[cH-]c(CC45CC6CC(CC(C6)C4)C5)cc23)cc1.[Cl-].[Cl-]. The molecule has 16 rings (SSSR count). The van der Waals surface area contributed by atoms with Crippen molar-refractivity contribution in [2.45, 2.75) is 131 Å². The molecule has 380 valence electrons. The summed E-state index contributed by atoms with van der Waals surface area (Å²) in [6, 6.07) is 56.0. The monoisotopic (exact) mass is 1100 g/mol. The van der Waals surface area contributed by atoms with Crippen LogP contribution in [0, 0.1) is 74.0 Å². The molecule has 0 heterocycles. The van der Waals surface area contributed by atoms with Gasteiger partial charge >= 0.3 is 41.9 Å². The predicted molar refractivity (Wildman–Crippen MR) is 306 cm³/mol. The summed E-state index contributed by atoms with van der Waals surface area (Å²) in [7, 11) is 0. The smallest absolute Gasteiger partial charge is 0.0265 e. The van der Waals surface area contributed by atoms with Gasteiger partial charge in [-0.2, -0.15) is 12.1 Å². The van der Waals surface area contributed by atoms with E-state index in [1.807, 2.05) is 0 Å². The van der Waals surface area contributed by atoms with Crippen molar-refractivity contribution in [2.75, 3.05) is 0 Å². The van der Waals surface area contributed by atoms with Crippen LogP contribution in [-0.2, 0) is 36.2 Å². The summed E-state index contributed by atoms with van der Waals surface area (Å²) in [6.07, 6.45) is 20.6. The van der Waals surface area contributed by atoms with Gasteiger partial charge in [0, 0.05) is 0 Å². The zero-order chi connectivity index (χ0) is 49.3. The summed E-state index contributed by atoms with van der Waals surface area (Å²) in [6.45, 7) is 13.3. The largest absolute Gasteiger partial charge is 1.00 e. The summed E-state index contributed by atoms with van der Waals surface area (Å²) in [5, 5.41) is 5.73. The van der Waals surface area contributed by atoms with Crippen LogP contribution in [0.3, 0.4) is 0 Å². The molecule has 8 aliphatic rings. The molecule has 0 unspecified atom stereocenters. The number of benzene rings is 6. The van der Waals surface area contributed by atoms with E-state index in [-0.39, 0.29) is 30.2 Å². The van der Waals surface area contributed by atoms with Gasteiger partial charge in [-0.25, -0.2) is 0 Å². The Morgan fingerprint density at radius 3 is 0.878 bits per heavy atom. The fourth-order valence-corrected chi connectivity index (χ4v) is 16.7. The minimum atomic E-state index is 0. The van der Waals surface area contributed by atoms with Crippen LogP contribution in [0.15, 0.2) is 146 Å². The molecule has 0 saturated heterocycles. The zero-order valence-electron chi connectivity index (χ0n) is 45.0. The predicted octanol–water partition coefficient (Wildman–Crippen LogP) is 13.3. The first-order chi connectivity index (χ1) is 34.8. The Morgan fingerprint density at radius 1 is 0.392 bits per heavy atom. The van der Waals surface area contributed by atoms with Crippen LogP contribution in [0.1, 0.15) is 110 Å². The molecule has 0 aromatic heterocycles. The second-order valence-electron chi connectivity index (χ2n) is 25.4. The summed E-state index contributed by atoms with van der Waals surface area (Å²) in [4.78, 5) is 0. The number of rotatable bonds is 8. The fourth-order valence-electron chi connectivity index (χ4n) is 16.7. The van der Waals surface area contributed by atoms with Crippen molar-refractivity contribution in [1.82, 2.24) is 0 Å². The van der Waals surface area contributed by atoms with Crippen molar-refractivity contribution in [3.05, 3.63) is 179 Å². The van der Waals surface area contributed by atoms with E-state index in [0.29, 0.717) is 10.8 Å². The van der Waals surface area contributed by atoms with Gasteiger partial charge in [0.25, 0.3) is 0 Å². The molecule has 0 atom stereocenters. The van der Waals surface area contributed by atoms with E-state index in [4.69, 9.17) is 0 Å². The van der Waals surface area contributed by atoms with E-state index in [2.05, 4.69) is 186 Å². The number of hydrogen-bond donors (Lipinski definition) is 0. The van der Waals surface area contributed by atoms with Gasteiger partial charge in [0.1, 0.15) is 0 Å². The first kappa shape index (κ1) is 53.6. The molecule has 8 aromatic rings. The molecule has 0 N–H and O–H groups in total. The molecule has 8 aliphatic carbocycles. The van der Waals surface area contributed by atoms with Crippen molar-refractivity contribution < 1.29 is 48.1 Å². The van der Waals surface area contributed by atoms with Crippen LogP contribution in [0.2, 0.25) is 13.1 Å². The van der Waals surface area contributed by atoms with Gasteiger partial charge in [-0.3, -0.25) is 0 Å². The maximum atomic E-state index is 2.56. The number of fused-ring (bicyclic) bond motifs is 2. The van der Waals surface area contributed by atoms with Gasteiger partial charge in [-0.05, 0) is 175 Å². The summed E-state index contributed by atoms with van der Waals surface area (Å²) in [5.74, 6) is 6.09. The van der Waals surface area contributed by atoms with Crippen LogP contribution in [0.5, 0.6) is 0 Å². The molecule has 0 radical (unpaired) electrons. The molecule has 8 fully saturated rings. The van der Waals surface area contributed by atoms with E-state index in [1.165, 1.54) is 178 Å². The average molecular weight is 1110 g/mol. The maximum Gasteiger partial charge on any atom is -0.0265 e. The van der Waals surface area contributed by atoms with Crippen molar-refractivity contribution >= 4 is 27.0 Å². The van der Waals surface area contributed by atoms with Gasteiger partial charge < -0.3 is 24.8 Å². The first-order valence-electron chi connectivity index (χ1n) is 28.1. The second-order valence-corrected chi connectivity index (χ2v) is 34.7. The average Bonchev–Trinajstić information content (AvgIpc) is 3.95.